The Labute approximate surface area is 174 Å². The van der Waals surface area contributed by atoms with Gasteiger partial charge in [0.05, 0.1) is 9.82 Å². The van der Waals surface area contributed by atoms with E-state index in [0.717, 1.165) is 25.7 Å². The highest BCUT2D eigenvalue weighted by molar-refractivity contribution is 7.89. The molecule has 0 saturated carbocycles. The lowest BCUT2D eigenvalue weighted by molar-refractivity contribution is -0.384. The van der Waals surface area contributed by atoms with Crippen LogP contribution in [0.25, 0.3) is 0 Å². The summed E-state index contributed by atoms with van der Waals surface area (Å²) in [5.41, 5.74) is 0.159. The summed E-state index contributed by atoms with van der Waals surface area (Å²) >= 11 is 0. The Balaban J connectivity index is 1.57. The molecule has 0 bridgehead atoms. The van der Waals surface area contributed by atoms with Crippen molar-refractivity contribution in [1.82, 2.24) is 4.31 Å². The molecule has 3 rings (SSSR count). The van der Waals surface area contributed by atoms with Crippen LogP contribution in [0, 0.1) is 10.1 Å². The number of hydrogen-bond donors (Lipinski definition) is 1. The first kappa shape index (κ1) is 21.7. The third kappa shape index (κ3) is 5.55. The number of rotatable bonds is 7. The minimum absolute atomic E-state index is 0.130. The Morgan fingerprint density at radius 1 is 1.07 bits per heavy atom. The fourth-order valence-electron chi connectivity index (χ4n) is 3.18. The SMILES string of the molecule is O=C(COc1ccc(S(=O)(=O)N2CCCCCC2)cc1)Nc1cccc([N+](=O)[O-])c1. The molecule has 0 aliphatic carbocycles. The summed E-state index contributed by atoms with van der Waals surface area (Å²) in [7, 11) is -3.54. The van der Waals surface area contributed by atoms with Gasteiger partial charge in [0.15, 0.2) is 6.61 Å². The van der Waals surface area contributed by atoms with E-state index >= 15 is 0 Å². The Bertz CT molecular complexity index is 999. The van der Waals surface area contributed by atoms with E-state index in [1.54, 1.807) is 0 Å². The number of non-ortho nitro benzene ring substituents is 1. The van der Waals surface area contributed by atoms with E-state index in [9.17, 15) is 23.3 Å². The van der Waals surface area contributed by atoms with Crippen LogP contribution in [0.5, 0.6) is 5.75 Å². The molecule has 0 radical (unpaired) electrons. The molecule has 1 saturated heterocycles. The van der Waals surface area contributed by atoms with Crippen molar-refractivity contribution in [2.45, 2.75) is 30.6 Å². The minimum Gasteiger partial charge on any atom is -0.484 e. The molecule has 160 valence electrons. The average molecular weight is 433 g/mol. The maximum Gasteiger partial charge on any atom is 0.271 e. The second-order valence-corrected chi connectivity index (χ2v) is 8.87. The van der Waals surface area contributed by atoms with Gasteiger partial charge < -0.3 is 10.1 Å². The molecule has 0 spiro atoms. The Hall–Kier alpha value is -2.98. The van der Waals surface area contributed by atoms with Gasteiger partial charge in [-0.1, -0.05) is 18.9 Å². The molecule has 9 nitrogen and oxygen atoms in total. The van der Waals surface area contributed by atoms with E-state index in [0.29, 0.717) is 18.8 Å². The zero-order valence-corrected chi connectivity index (χ0v) is 17.1. The molecule has 0 unspecified atom stereocenters. The van der Waals surface area contributed by atoms with Crippen molar-refractivity contribution in [2.75, 3.05) is 25.0 Å². The Morgan fingerprint density at radius 3 is 2.37 bits per heavy atom. The number of carbonyl (C=O) groups excluding carboxylic acids is 1. The molecule has 2 aromatic carbocycles. The Morgan fingerprint density at radius 2 is 1.73 bits per heavy atom. The van der Waals surface area contributed by atoms with E-state index in [2.05, 4.69) is 5.32 Å². The van der Waals surface area contributed by atoms with Gasteiger partial charge in [-0.25, -0.2) is 8.42 Å². The van der Waals surface area contributed by atoms with Crippen molar-refractivity contribution in [3.63, 3.8) is 0 Å². The van der Waals surface area contributed by atoms with Gasteiger partial charge >= 0.3 is 0 Å². The molecule has 10 heteroatoms. The lowest BCUT2D eigenvalue weighted by atomic mass is 10.2. The highest BCUT2D eigenvalue weighted by Crippen LogP contribution is 2.22. The first-order valence-electron chi connectivity index (χ1n) is 9.63. The maximum atomic E-state index is 12.8. The molecule has 1 heterocycles. The molecule has 1 aliphatic rings. The third-order valence-electron chi connectivity index (χ3n) is 4.74. The second kappa shape index (κ2) is 9.68. The quantitative estimate of drug-likeness (QED) is 0.529. The molecule has 0 aromatic heterocycles. The molecule has 30 heavy (non-hydrogen) atoms. The minimum atomic E-state index is -3.54. The second-order valence-electron chi connectivity index (χ2n) is 6.93. The van der Waals surface area contributed by atoms with Gasteiger partial charge in [0.2, 0.25) is 10.0 Å². The van der Waals surface area contributed by atoms with E-state index in [-0.39, 0.29) is 22.9 Å². The van der Waals surface area contributed by atoms with E-state index < -0.39 is 20.9 Å². The van der Waals surface area contributed by atoms with Gasteiger partial charge in [-0.05, 0) is 43.2 Å². The summed E-state index contributed by atoms with van der Waals surface area (Å²) in [5.74, 6) is -0.143. The van der Waals surface area contributed by atoms with Crippen molar-refractivity contribution >= 4 is 27.3 Å². The monoisotopic (exact) mass is 433 g/mol. The molecule has 1 aliphatic heterocycles. The molecule has 2 aromatic rings. The van der Waals surface area contributed by atoms with Crippen LogP contribution < -0.4 is 10.1 Å². The molecular weight excluding hydrogens is 410 g/mol. The number of nitro groups is 1. The smallest absolute Gasteiger partial charge is 0.271 e. The predicted molar refractivity (Wildman–Crippen MR) is 111 cm³/mol. The number of nitro benzene ring substituents is 1. The highest BCUT2D eigenvalue weighted by atomic mass is 32.2. The molecule has 1 N–H and O–H groups in total. The highest BCUT2D eigenvalue weighted by Gasteiger charge is 2.25. The summed E-state index contributed by atoms with van der Waals surface area (Å²) in [6.07, 6.45) is 3.80. The topological polar surface area (TPSA) is 119 Å². The van der Waals surface area contributed by atoms with Crippen molar-refractivity contribution in [3.05, 3.63) is 58.6 Å². The Kier molecular flexibility index (Phi) is 7.01. The van der Waals surface area contributed by atoms with Crippen molar-refractivity contribution in [2.24, 2.45) is 0 Å². The number of hydrogen-bond acceptors (Lipinski definition) is 6. The maximum absolute atomic E-state index is 12.8. The van der Waals surface area contributed by atoms with Crippen LogP contribution in [0.3, 0.4) is 0 Å². The van der Waals surface area contributed by atoms with Gasteiger partial charge in [-0.2, -0.15) is 4.31 Å². The summed E-state index contributed by atoms with van der Waals surface area (Å²) in [6.45, 7) is 0.734. The molecule has 1 fully saturated rings. The van der Waals surface area contributed by atoms with E-state index in [1.165, 1.54) is 52.8 Å². The summed E-state index contributed by atoms with van der Waals surface area (Å²) in [5, 5.41) is 13.3. The summed E-state index contributed by atoms with van der Waals surface area (Å²) in [6, 6.07) is 11.5. The van der Waals surface area contributed by atoms with E-state index in [1.807, 2.05) is 0 Å². The third-order valence-corrected chi connectivity index (χ3v) is 6.65. The lowest BCUT2D eigenvalue weighted by Gasteiger charge is -2.20. The van der Waals surface area contributed by atoms with Crippen molar-refractivity contribution in [3.8, 4) is 5.75 Å². The number of nitrogens with zero attached hydrogens (tertiary/aromatic N) is 2. The van der Waals surface area contributed by atoms with Crippen molar-refractivity contribution < 1.29 is 22.9 Å². The number of anilines is 1. The summed E-state index contributed by atoms with van der Waals surface area (Å²) in [4.78, 5) is 22.5. The van der Waals surface area contributed by atoms with Crippen LogP contribution >= 0.6 is 0 Å². The van der Waals surface area contributed by atoms with Gasteiger partial charge in [0, 0.05) is 30.9 Å². The molecule has 1 amide bonds. The van der Waals surface area contributed by atoms with Crippen molar-refractivity contribution in [1.29, 1.82) is 0 Å². The van der Waals surface area contributed by atoms with Gasteiger partial charge in [0.25, 0.3) is 11.6 Å². The largest absolute Gasteiger partial charge is 0.484 e. The first-order chi connectivity index (χ1) is 14.4. The van der Waals surface area contributed by atoms with Gasteiger partial charge in [-0.3, -0.25) is 14.9 Å². The number of nitrogens with one attached hydrogen (secondary N) is 1. The number of ether oxygens (including phenoxy) is 1. The standard InChI is InChI=1S/C20H23N3O6S/c24-20(21-16-6-5-7-17(14-16)23(25)26)15-29-18-8-10-19(11-9-18)30(27,28)22-12-3-1-2-4-13-22/h5-11,14H,1-4,12-13,15H2,(H,21,24). The van der Waals surface area contributed by atoms with Gasteiger partial charge in [0.1, 0.15) is 5.75 Å². The average Bonchev–Trinajstić information content (AvgIpc) is 3.03. The zero-order valence-electron chi connectivity index (χ0n) is 16.3. The molecule has 0 atom stereocenters. The predicted octanol–water partition coefficient (Wildman–Crippen LogP) is 3.18. The number of sulfonamides is 1. The van der Waals surface area contributed by atoms with Crippen LogP contribution in [0.2, 0.25) is 0 Å². The summed E-state index contributed by atoms with van der Waals surface area (Å²) < 4.78 is 32.5. The lowest BCUT2D eigenvalue weighted by Crippen LogP contribution is -2.31. The fourth-order valence-corrected chi connectivity index (χ4v) is 4.70. The number of amides is 1. The van der Waals surface area contributed by atoms with Crippen LogP contribution in [-0.2, 0) is 14.8 Å². The first-order valence-corrected chi connectivity index (χ1v) is 11.1. The number of carbonyl (C=O) groups is 1. The van der Waals surface area contributed by atoms with E-state index in [4.69, 9.17) is 4.74 Å². The van der Waals surface area contributed by atoms with Gasteiger partial charge in [-0.15, -0.1) is 0 Å². The van der Waals surface area contributed by atoms with Crippen LogP contribution in [0.1, 0.15) is 25.7 Å². The normalized spacial score (nSPS) is 15.2. The fraction of sp³-hybridized carbons (Fsp3) is 0.350. The molecular formula is C20H23N3O6S. The number of benzene rings is 2. The van der Waals surface area contributed by atoms with Crippen LogP contribution in [0.4, 0.5) is 11.4 Å². The van der Waals surface area contributed by atoms with Crippen LogP contribution in [-0.4, -0.2) is 43.2 Å². The zero-order chi connectivity index (χ0) is 21.6. The van der Waals surface area contributed by atoms with Crippen LogP contribution in [0.15, 0.2) is 53.4 Å².